The highest BCUT2D eigenvalue weighted by molar-refractivity contribution is 5.97. The van der Waals surface area contributed by atoms with Gasteiger partial charge in [-0.2, -0.15) is 0 Å². The molecule has 25 heavy (non-hydrogen) atoms. The lowest BCUT2D eigenvalue weighted by molar-refractivity contribution is 0.0921. The number of rotatable bonds is 3. The summed E-state index contributed by atoms with van der Waals surface area (Å²) in [5.41, 5.74) is 8.63. The second kappa shape index (κ2) is 6.35. The Balaban J connectivity index is 1.66. The van der Waals surface area contributed by atoms with Crippen LogP contribution in [-0.4, -0.2) is 22.0 Å². The van der Waals surface area contributed by atoms with Crippen LogP contribution in [0.25, 0.3) is 0 Å². The number of nitrogen functional groups attached to an aromatic ring is 1. The number of carbonyl (C=O) groups is 1. The second-order valence-corrected chi connectivity index (χ2v) is 6.78. The Morgan fingerprint density at radius 1 is 1.20 bits per heavy atom. The van der Waals surface area contributed by atoms with E-state index in [9.17, 15) is 4.79 Å². The van der Waals surface area contributed by atoms with Crippen LogP contribution in [0.5, 0.6) is 5.75 Å². The minimum Gasteiger partial charge on any atom is -0.490 e. The van der Waals surface area contributed by atoms with Crippen molar-refractivity contribution in [3.05, 3.63) is 46.8 Å². The first-order chi connectivity index (χ1) is 12.1. The number of nitrogens with zero attached hydrogens (tertiary/aromatic N) is 2. The van der Waals surface area contributed by atoms with Gasteiger partial charge in [0.1, 0.15) is 5.75 Å². The summed E-state index contributed by atoms with van der Waals surface area (Å²) in [6.07, 6.45) is 5.48. The lowest BCUT2D eigenvalue weighted by Gasteiger charge is -2.28. The molecule has 1 aliphatic heterocycles. The Morgan fingerprint density at radius 3 is 2.76 bits per heavy atom. The maximum absolute atomic E-state index is 12.6. The number of nitrogens with two attached hydrogens (primary N) is 1. The first-order valence-electron chi connectivity index (χ1n) is 8.81. The summed E-state index contributed by atoms with van der Waals surface area (Å²) in [4.78, 5) is 21.0. The van der Waals surface area contributed by atoms with Crippen LogP contribution in [0.15, 0.2) is 24.3 Å². The van der Waals surface area contributed by atoms with E-state index in [4.69, 9.17) is 10.5 Å². The molecule has 1 aliphatic carbocycles. The topological polar surface area (TPSA) is 90.1 Å². The number of aryl methyl sites for hydroxylation is 1. The maximum Gasteiger partial charge on any atom is 0.255 e. The van der Waals surface area contributed by atoms with Gasteiger partial charge in [-0.3, -0.25) is 4.79 Å². The lowest BCUT2D eigenvalue weighted by atomic mass is 9.93. The normalized spacial score (nSPS) is 20.2. The van der Waals surface area contributed by atoms with Crippen LogP contribution >= 0.6 is 0 Å². The fourth-order valence-electron chi connectivity index (χ4n) is 3.82. The van der Waals surface area contributed by atoms with Crippen LogP contribution in [0.2, 0.25) is 0 Å². The van der Waals surface area contributed by atoms with E-state index in [1.54, 1.807) is 6.92 Å². The standard InChI is InChI=1S/C19H22N4O2/c1-11-17-15(23-19(20)21-11)10-14(22-18(17)24)13-8-4-5-9-16(13)25-12-6-2-3-7-12/h4-5,8-9,12,14H,2-3,6-7,10H2,1H3,(H,22,24)(H2,20,21,23)/t14-/m1/s1. The van der Waals surface area contributed by atoms with Crippen molar-refractivity contribution >= 4 is 11.9 Å². The second-order valence-electron chi connectivity index (χ2n) is 6.78. The minimum absolute atomic E-state index is 0.153. The molecule has 3 N–H and O–H groups in total. The smallest absolute Gasteiger partial charge is 0.255 e. The molecule has 0 bridgehead atoms. The predicted molar refractivity (Wildman–Crippen MR) is 94.4 cm³/mol. The molecule has 4 rings (SSSR count). The highest BCUT2D eigenvalue weighted by atomic mass is 16.5. The van der Waals surface area contributed by atoms with Crippen LogP contribution in [-0.2, 0) is 6.42 Å². The summed E-state index contributed by atoms with van der Waals surface area (Å²) in [7, 11) is 0. The summed E-state index contributed by atoms with van der Waals surface area (Å²) in [5, 5.41) is 3.07. The number of carbonyl (C=O) groups excluding carboxylic acids is 1. The van der Waals surface area contributed by atoms with Crippen molar-refractivity contribution in [2.24, 2.45) is 0 Å². The van der Waals surface area contributed by atoms with Gasteiger partial charge in [-0.15, -0.1) is 0 Å². The van der Waals surface area contributed by atoms with E-state index in [1.165, 1.54) is 12.8 Å². The van der Waals surface area contributed by atoms with Gasteiger partial charge >= 0.3 is 0 Å². The van der Waals surface area contributed by atoms with Gasteiger partial charge in [0, 0.05) is 12.0 Å². The molecule has 1 aromatic heterocycles. The zero-order valence-corrected chi connectivity index (χ0v) is 14.3. The largest absolute Gasteiger partial charge is 0.490 e. The zero-order chi connectivity index (χ0) is 17.4. The highest BCUT2D eigenvalue weighted by Crippen LogP contribution is 2.34. The van der Waals surface area contributed by atoms with E-state index < -0.39 is 0 Å². The average molecular weight is 338 g/mol. The van der Waals surface area contributed by atoms with Gasteiger partial charge in [0.25, 0.3) is 5.91 Å². The first-order valence-corrected chi connectivity index (χ1v) is 8.81. The van der Waals surface area contributed by atoms with Crippen molar-refractivity contribution in [2.45, 2.75) is 51.2 Å². The molecule has 1 aromatic carbocycles. The van der Waals surface area contributed by atoms with E-state index in [0.29, 0.717) is 23.4 Å². The number of para-hydroxylation sites is 1. The molecule has 0 radical (unpaired) electrons. The van der Waals surface area contributed by atoms with Gasteiger partial charge in [-0.25, -0.2) is 9.97 Å². The molecular formula is C19H22N4O2. The van der Waals surface area contributed by atoms with Gasteiger partial charge in [0.05, 0.1) is 29.1 Å². The Kier molecular flexibility index (Phi) is 4.03. The Hall–Kier alpha value is -2.63. The fraction of sp³-hybridized carbons (Fsp3) is 0.421. The molecule has 6 nitrogen and oxygen atoms in total. The molecule has 0 spiro atoms. The van der Waals surface area contributed by atoms with Gasteiger partial charge < -0.3 is 15.8 Å². The summed E-state index contributed by atoms with van der Waals surface area (Å²) in [6, 6.07) is 7.76. The van der Waals surface area contributed by atoms with E-state index >= 15 is 0 Å². The van der Waals surface area contributed by atoms with Gasteiger partial charge in [-0.05, 0) is 38.7 Å². The van der Waals surface area contributed by atoms with Crippen molar-refractivity contribution in [1.29, 1.82) is 0 Å². The van der Waals surface area contributed by atoms with Crippen LogP contribution in [0.3, 0.4) is 0 Å². The fourth-order valence-corrected chi connectivity index (χ4v) is 3.82. The monoisotopic (exact) mass is 338 g/mol. The van der Waals surface area contributed by atoms with E-state index in [2.05, 4.69) is 15.3 Å². The van der Waals surface area contributed by atoms with Gasteiger partial charge in [0.15, 0.2) is 0 Å². The third kappa shape index (κ3) is 3.04. The Bertz CT molecular complexity index is 815. The molecule has 1 atom stereocenters. The van der Waals surface area contributed by atoms with E-state index in [-0.39, 0.29) is 24.0 Å². The molecule has 2 aliphatic rings. The number of amides is 1. The Labute approximate surface area is 146 Å². The third-order valence-corrected chi connectivity index (χ3v) is 5.00. The van der Waals surface area contributed by atoms with Crippen molar-refractivity contribution in [2.75, 3.05) is 5.73 Å². The summed E-state index contributed by atoms with van der Waals surface area (Å²) >= 11 is 0. The van der Waals surface area contributed by atoms with Crippen molar-refractivity contribution in [3.63, 3.8) is 0 Å². The highest BCUT2D eigenvalue weighted by Gasteiger charge is 2.31. The number of nitrogens with one attached hydrogen (secondary N) is 1. The molecule has 2 aromatic rings. The number of ether oxygens (including phenoxy) is 1. The van der Waals surface area contributed by atoms with Gasteiger partial charge in [-0.1, -0.05) is 18.2 Å². The molecule has 2 heterocycles. The van der Waals surface area contributed by atoms with Crippen LogP contribution in [0, 0.1) is 6.92 Å². The van der Waals surface area contributed by atoms with E-state index in [1.807, 2.05) is 24.3 Å². The third-order valence-electron chi connectivity index (χ3n) is 5.00. The summed E-state index contributed by atoms with van der Waals surface area (Å²) in [6.45, 7) is 1.79. The zero-order valence-electron chi connectivity index (χ0n) is 14.3. The van der Waals surface area contributed by atoms with Crippen molar-refractivity contribution in [1.82, 2.24) is 15.3 Å². The average Bonchev–Trinajstić information content (AvgIpc) is 3.07. The van der Waals surface area contributed by atoms with Gasteiger partial charge in [0.2, 0.25) is 5.95 Å². The lowest BCUT2D eigenvalue weighted by Crippen LogP contribution is -2.37. The van der Waals surface area contributed by atoms with Crippen LogP contribution < -0.4 is 15.8 Å². The maximum atomic E-state index is 12.6. The SMILES string of the molecule is Cc1nc(N)nc2c1C(=O)N[C@@H](c1ccccc1OC1CCCC1)C2. The quantitative estimate of drug-likeness (QED) is 0.898. The number of hydrogen-bond acceptors (Lipinski definition) is 5. The number of aromatic nitrogens is 2. The minimum atomic E-state index is -0.175. The molecule has 0 unspecified atom stereocenters. The predicted octanol–water partition coefficient (Wildman–Crippen LogP) is 2.72. The summed E-state index contributed by atoms with van der Waals surface area (Å²) in [5.74, 6) is 0.904. The summed E-state index contributed by atoms with van der Waals surface area (Å²) < 4.78 is 6.22. The molecular weight excluding hydrogens is 316 g/mol. The van der Waals surface area contributed by atoms with Crippen LogP contribution in [0.4, 0.5) is 5.95 Å². The molecule has 130 valence electrons. The Morgan fingerprint density at radius 2 is 1.96 bits per heavy atom. The molecule has 1 saturated carbocycles. The number of fused-ring (bicyclic) bond motifs is 1. The molecule has 0 saturated heterocycles. The van der Waals surface area contributed by atoms with Crippen LogP contribution in [0.1, 0.15) is 59.0 Å². The molecule has 6 heteroatoms. The number of benzene rings is 1. The molecule has 1 fully saturated rings. The van der Waals surface area contributed by atoms with Crippen molar-refractivity contribution < 1.29 is 9.53 Å². The van der Waals surface area contributed by atoms with E-state index in [0.717, 1.165) is 24.2 Å². The first kappa shape index (κ1) is 15.9. The number of anilines is 1. The number of hydrogen-bond donors (Lipinski definition) is 2. The van der Waals surface area contributed by atoms with Crippen molar-refractivity contribution in [3.8, 4) is 5.75 Å². The molecule has 1 amide bonds.